The van der Waals surface area contributed by atoms with E-state index in [2.05, 4.69) is 23.6 Å². The summed E-state index contributed by atoms with van der Waals surface area (Å²) in [7, 11) is -3.38. The van der Waals surface area contributed by atoms with Gasteiger partial charge in [0.05, 0.1) is 4.90 Å². The monoisotopic (exact) mass is 259 g/mol. The van der Waals surface area contributed by atoms with Crippen LogP contribution >= 0.6 is 0 Å². The number of H-pyrrole nitrogens is 1. The van der Waals surface area contributed by atoms with Crippen LogP contribution in [-0.4, -0.2) is 19.9 Å². The number of hydrogen-bond donors (Lipinski definition) is 3. The van der Waals surface area contributed by atoms with Gasteiger partial charge in [-0.15, -0.1) is 0 Å². The minimum atomic E-state index is -3.38. The molecular weight excluding hydrogens is 238 g/mol. The summed E-state index contributed by atoms with van der Waals surface area (Å²) in [5.74, 6) is 0.593. The van der Waals surface area contributed by atoms with Gasteiger partial charge in [0, 0.05) is 25.0 Å². The maximum atomic E-state index is 11.8. The minimum Gasteiger partial charge on any atom is -0.363 e. The lowest BCUT2D eigenvalue weighted by Gasteiger charge is -2.06. The van der Waals surface area contributed by atoms with Gasteiger partial charge in [0.15, 0.2) is 0 Å². The van der Waals surface area contributed by atoms with Crippen molar-refractivity contribution in [1.29, 1.82) is 0 Å². The number of aromatic amines is 1. The Labute approximate surface area is 103 Å². The molecule has 0 aromatic carbocycles. The van der Waals surface area contributed by atoms with E-state index in [1.165, 1.54) is 6.20 Å². The molecule has 0 radical (unpaired) electrons. The van der Waals surface area contributed by atoms with E-state index < -0.39 is 10.0 Å². The van der Waals surface area contributed by atoms with Gasteiger partial charge in [0.2, 0.25) is 10.0 Å². The van der Waals surface area contributed by atoms with Crippen molar-refractivity contribution in [3.8, 4) is 0 Å². The Bertz CT molecular complexity index is 437. The molecule has 1 heterocycles. The third-order valence-electron chi connectivity index (χ3n) is 2.50. The van der Waals surface area contributed by atoms with E-state index in [1.54, 1.807) is 6.07 Å². The molecule has 6 heteroatoms. The van der Waals surface area contributed by atoms with Gasteiger partial charge in [-0.2, -0.15) is 0 Å². The second-order valence-corrected chi connectivity index (χ2v) is 6.27. The van der Waals surface area contributed by atoms with Crippen LogP contribution in [0.5, 0.6) is 0 Å². The van der Waals surface area contributed by atoms with Gasteiger partial charge in [-0.05, 0) is 24.8 Å². The Hall–Kier alpha value is -0.850. The molecule has 0 spiro atoms. The largest absolute Gasteiger partial charge is 0.363 e. The molecule has 0 bridgehead atoms. The average molecular weight is 259 g/mol. The lowest BCUT2D eigenvalue weighted by Crippen LogP contribution is -2.24. The van der Waals surface area contributed by atoms with Crippen molar-refractivity contribution in [2.45, 2.75) is 38.1 Å². The minimum absolute atomic E-state index is 0.252. The van der Waals surface area contributed by atoms with Crippen LogP contribution in [0.25, 0.3) is 0 Å². The van der Waals surface area contributed by atoms with E-state index in [0.29, 0.717) is 24.7 Å². The molecule has 17 heavy (non-hydrogen) atoms. The van der Waals surface area contributed by atoms with E-state index in [-0.39, 0.29) is 4.90 Å². The number of aromatic nitrogens is 1. The van der Waals surface area contributed by atoms with Crippen molar-refractivity contribution >= 4 is 10.0 Å². The van der Waals surface area contributed by atoms with E-state index in [0.717, 1.165) is 12.8 Å². The Kier molecular flexibility index (Phi) is 5.17. The summed E-state index contributed by atoms with van der Waals surface area (Å²) in [4.78, 5) is 3.08. The standard InChI is InChI=1S/C11H21N3O2S/c1-9(2)4-3-5-14-17(15,16)11-6-10(7-12)13-8-11/h6,8-9,13-14H,3-5,7,12H2,1-2H3. The van der Waals surface area contributed by atoms with Crippen LogP contribution in [0.15, 0.2) is 17.2 Å². The van der Waals surface area contributed by atoms with Gasteiger partial charge in [0.25, 0.3) is 0 Å². The summed E-state index contributed by atoms with van der Waals surface area (Å²) in [5.41, 5.74) is 6.13. The predicted molar refractivity (Wildman–Crippen MR) is 67.9 cm³/mol. The van der Waals surface area contributed by atoms with E-state index in [1.807, 2.05) is 0 Å². The van der Waals surface area contributed by atoms with Gasteiger partial charge < -0.3 is 10.7 Å². The molecule has 5 nitrogen and oxygen atoms in total. The van der Waals surface area contributed by atoms with Crippen LogP contribution in [0.4, 0.5) is 0 Å². The smallest absolute Gasteiger partial charge is 0.242 e. The third-order valence-corrected chi connectivity index (χ3v) is 3.94. The highest BCUT2D eigenvalue weighted by molar-refractivity contribution is 7.89. The maximum Gasteiger partial charge on any atom is 0.242 e. The first-order chi connectivity index (χ1) is 7.95. The van der Waals surface area contributed by atoms with Gasteiger partial charge in [0.1, 0.15) is 0 Å². The summed E-state index contributed by atoms with van der Waals surface area (Å²) in [6, 6.07) is 1.56. The van der Waals surface area contributed by atoms with Gasteiger partial charge >= 0.3 is 0 Å². The van der Waals surface area contributed by atoms with Crippen LogP contribution in [0, 0.1) is 5.92 Å². The number of rotatable bonds is 7. The third kappa shape index (κ3) is 4.49. The molecule has 0 atom stereocenters. The number of sulfonamides is 1. The first kappa shape index (κ1) is 14.2. The van der Waals surface area contributed by atoms with Gasteiger partial charge in [-0.25, -0.2) is 13.1 Å². The summed E-state index contributed by atoms with van der Waals surface area (Å²) >= 11 is 0. The molecule has 1 rings (SSSR count). The Morgan fingerprint density at radius 3 is 2.71 bits per heavy atom. The second-order valence-electron chi connectivity index (χ2n) is 4.50. The SMILES string of the molecule is CC(C)CCCNS(=O)(=O)c1c[nH]c(CN)c1. The quantitative estimate of drug-likeness (QED) is 0.643. The van der Waals surface area contributed by atoms with E-state index in [9.17, 15) is 8.42 Å². The highest BCUT2D eigenvalue weighted by atomic mass is 32.2. The summed E-state index contributed by atoms with van der Waals surface area (Å²) < 4.78 is 26.2. The number of nitrogens with two attached hydrogens (primary N) is 1. The normalized spacial score (nSPS) is 12.2. The van der Waals surface area contributed by atoms with Crippen molar-refractivity contribution in [3.63, 3.8) is 0 Å². The highest BCUT2D eigenvalue weighted by Gasteiger charge is 2.14. The topological polar surface area (TPSA) is 88.0 Å². The molecule has 0 aliphatic rings. The zero-order valence-electron chi connectivity index (χ0n) is 10.4. The molecule has 1 aromatic rings. The highest BCUT2D eigenvalue weighted by Crippen LogP contribution is 2.10. The first-order valence-corrected chi connectivity index (χ1v) is 7.31. The van der Waals surface area contributed by atoms with Crippen LogP contribution in [-0.2, 0) is 16.6 Å². The Balaban J connectivity index is 2.51. The molecule has 0 saturated carbocycles. The van der Waals surface area contributed by atoms with Crippen molar-refractivity contribution < 1.29 is 8.42 Å². The molecule has 0 amide bonds. The molecule has 0 aliphatic heterocycles. The molecule has 1 aromatic heterocycles. The lowest BCUT2D eigenvalue weighted by molar-refractivity contribution is 0.540. The summed E-state index contributed by atoms with van der Waals surface area (Å²) in [6.07, 6.45) is 3.34. The van der Waals surface area contributed by atoms with Crippen molar-refractivity contribution in [2.75, 3.05) is 6.54 Å². The summed E-state index contributed by atoms with van der Waals surface area (Å²) in [6.45, 7) is 5.02. The van der Waals surface area contributed by atoms with Crippen molar-refractivity contribution in [2.24, 2.45) is 11.7 Å². The molecular formula is C11H21N3O2S. The van der Waals surface area contributed by atoms with Crippen LogP contribution in [0.3, 0.4) is 0 Å². The first-order valence-electron chi connectivity index (χ1n) is 5.82. The fraction of sp³-hybridized carbons (Fsp3) is 0.636. The van der Waals surface area contributed by atoms with Crippen molar-refractivity contribution in [3.05, 3.63) is 18.0 Å². The number of nitrogens with one attached hydrogen (secondary N) is 2. The lowest BCUT2D eigenvalue weighted by atomic mass is 10.1. The molecule has 0 unspecified atom stereocenters. The van der Waals surface area contributed by atoms with Crippen LogP contribution in [0.1, 0.15) is 32.4 Å². The average Bonchev–Trinajstić information content (AvgIpc) is 2.73. The Morgan fingerprint density at radius 1 is 1.47 bits per heavy atom. The van der Waals surface area contributed by atoms with Crippen molar-refractivity contribution in [1.82, 2.24) is 9.71 Å². The zero-order valence-corrected chi connectivity index (χ0v) is 11.2. The Morgan fingerprint density at radius 2 is 2.18 bits per heavy atom. The molecule has 0 fully saturated rings. The fourth-order valence-electron chi connectivity index (χ4n) is 1.49. The van der Waals surface area contributed by atoms with Gasteiger partial charge in [-0.1, -0.05) is 13.8 Å². The molecule has 4 N–H and O–H groups in total. The van der Waals surface area contributed by atoms with Gasteiger partial charge in [-0.3, -0.25) is 0 Å². The molecule has 98 valence electrons. The fourth-order valence-corrected chi connectivity index (χ4v) is 2.58. The predicted octanol–water partition coefficient (Wildman–Crippen LogP) is 1.19. The second kappa shape index (κ2) is 6.18. The van der Waals surface area contributed by atoms with E-state index in [4.69, 9.17) is 5.73 Å². The van der Waals surface area contributed by atoms with E-state index >= 15 is 0 Å². The summed E-state index contributed by atoms with van der Waals surface area (Å²) in [5, 5.41) is 0. The molecule has 0 saturated heterocycles. The zero-order chi connectivity index (χ0) is 12.9. The molecule has 0 aliphatic carbocycles. The maximum absolute atomic E-state index is 11.8. The van der Waals surface area contributed by atoms with Crippen LogP contribution < -0.4 is 10.5 Å². The number of hydrogen-bond acceptors (Lipinski definition) is 3. The van der Waals surface area contributed by atoms with Crippen LogP contribution in [0.2, 0.25) is 0 Å².